The zero-order valence-electron chi connectivity index (χ0n) is 17.5. The number of carbonyl (C=O) groups is 1. The lowest BCUT2D eigenvalue weighted by Gasteiger charge is -2.34. The normalized spacial score (nSPS) is 19.1. The molecule has 9 heteroatoms. The van der Waals surface area contributed by atoms with E-state index in [1.807, 2.05) is 13.0 Å². The van der Waals surface area contributed by atoms with Crippen molar-refractivity contribution < 1.29 is 18.0 Å². The summed E-state index contributed by atoms with van der Waals surface area (Å²) >= 11 is 0. The van der Waals surface area contributed by atoms with Crippen LogP contribution in [0.1, 0.15) is 46.6 Å². The van der Waals surface area contributed by atoms with Gasteiger partial charge in [0.15, 0.2) is 0 Å². The van der Waals surface area contributed by atoms with Crippen LogP contribution in [0, 0.1) is 0 Å². The van der Waals surface area contributed by atoms with E-state index >= 15 is 0 Å². The fourth-order valence-electron chi connectivity index (χ4n) is 4.17. The number of halogens is 3. The average Bonchev–Trinajstić information content (AvgIpc) is 2.78. The Morgan fingerprint density at radius 1 is 1.19 bits per heavy atom. The van der Waals surface area contributed by atoms with E-state index in [1.165, 1.54) is 0 Å². The van der Waals surface area contributed by atoms with Crippen LogP contribution in [0.15, 0.2) is 42.5 Å². The van der Waals surface area contributed by atoms with Gasteiger partial charge in [0, 0.05) is 30.3 Å². The Morgan fingerprint density at radius 2 is 1.94 bits per heavy atom. The molecule has 4 N–H and O–H groups in total. The predicted octanol–water partition coefficient (Wildman–Crippen LogP) is 3.87. The van der Waals surface area contributed by atoms with Crippen molar-refractivity contribution in [3.8, 4) is 0 Å². The topological polar surface area (TPSA) is 92.9 Å². The minimum absolute atomic E-state index is 0.00653. The summed E-state index contributed by atoms with van der Waals surface area (Å²) in [6.07, 6.45) is -3.03. The molecule has 2 atom stereocenters. The van der Waals surface area contributed by atoms with Gasteiger partial charge in [-0.25, -0.2) is 9.97 Å². The lowest BCUT2D eigenvalue weighted by atomic mass is 9.85. The number of para-hydroxylation sites is 1. The molecule has 4 rings (SSSR count). The molecule has 2 aromatic carbocycles. The second-order valence-corrected chi connectivity index (χ2v) is 7.88. The first-order valence-electron chi connectivity index (χ1n) is 10.5. The van der Waals surface area contributed by atoms with Crippen molar-refractivity contribution >= 4 is 22.6 Å². The van der Waals surface area contributed by atoms with Gasteiger partial charge in [0.2, 0.25) is 0 Å². The number of aromatic nitrogens is 2. The number of nitrogens with one attached hydrogen (secondary N) is 2. The quantitative estimate of drug-likeness (QED) is 0.557. The number of rotatable bonds is 5. The number of alkyl halides is 3. The highest BCUT2D eigenvalue weighted by Gasteiger charge is 2.32. The Kier molecular flexibility index (Phi) is 6.01. The SMILES string of the molecule is CCc1nc(N[C@H]2CNCC[C@@H]2c2ccc(C(F)(F)F)cc2)c2cccc(C(N)=O)c2n1. The van der Waals surface area contributed by atoms with E-state index in [4.69, 9.17) is 5.73 Å². The monoisotopic (exact) mass is 443 g/mol. The first-order chi connectivity index (χ1) is 15.3. The Hall–Kier alpha value is -3.20. The lowest BCUT2D eigenvalue weighted by Crippen LogP contribution is -2.44. The van der Waals surface area contributed by atoms with Crippen molar-refractivity contribution in [1.29, 1.82) is 0 Å². The maximum absolute atomic E-state index is 13.0. The van der Waals surface area contributed by atoms with Crippen LogP contribution >= 0.6 is 0 Å². The van der Waals surface area contributed by atoms with Gasteiger partial charge in [0.1, 0.15) is 11.6 Å². The van der Waals surface area contributed by atoms with Crippen molar-refractivity contribution in [3.63, 3.8) is 0 Å². The number of fused-ring (bicyclic) bond motifs is 1. The molecule has 1 aliphatic heterocycles. The van der Waals surface area contributed by atoms with E-state index in [0.29, 0.717) is 41.1 Å². The van der Waals surface area contributed by atoms with E-state index in [9.17, 15) is 18.0 Å². The molecule has 0 aliphatic carbocycles. The number of primary amides is 1. The van der Waals surface area contributed by atoms with Gasteiger partial charge in [0.25, 0.3) is 5.91 Å². The molecule has 168 valence electrons. The van der Waals surface area contributed by atoms with Crippen molar-refractivity contribution in [1.82, 2.24) is 15.3 Å². The molecular weight excluding hydrogens is 419 g/mol. The van der Waals surface area contributed by atoms with Gasteiger partial charge < -0.3 is 16.4 Å². The Balaban J connectivity index is 1.70. The van der Waals surface area contributed by atoms with Crippen LogP contribution in [-0.4, -0.2) is 35.0 Å². The zero-order chi connectivity index (χ0) is 22.9. The third-order valence-corrected chi connectivity index (χ3v) is 5.82. The molecular formula is C23H24F3N5O. The molecule has 0 saturated carbocycles. The van der Waals surface area contributed by atoms with Crippen molar-refractivity contribution in [2.24, 2.45) is 5.73 Å². The van der Waals surface area contributed by atoms with Gasteiger partial charge in [-0.3, -0.25) is 4.79 Å². The summed E-state index contributed by atoms with van der Waals surface area (Å²) < 4.78 is 38.9. The van der Waals surface area contributed by atoms with Crippen LogP contribution in [-0.2, 0) is 12.6 Å². The van der Waals surface area contributed by atoms with Gasteiger partial charge in [-0.2, -0.15) is 13.2 Å². The van der Waals surface area contributed by atoms with Crippen molar-refractivity contribution in [3.05, 3.63) is 65.0 Å². The van der Waals surface area contributed by atoms with E-state index < -0.39 is 17.6 Å². The van der Waals surface area contributed by atoms with Gasteiger partial charge in [-0.15, -0.1) is 0 Å². The van der Waals surface area contributed by atoms with Crippen LogP contribution in [0.25, 0.3) is 10.9 Å². The molecule has 1 saturated heterocycles. The van der Waals surface area contributed by atoms with Gasteiger partial charge in [-0.1, -0.05) is 25.1 Å². The Labute approximate surface area is 183 Å². The maximum Gasteiger partial charge on any atom is 0.416 e. The summed E-state index contributed by atoms with van der Waals surface area (Å²) in [5.74, 6) is 0.585. The third kappa shape index (κ3) is 4.38. The van der Waals surface area contributed by atoms with Crippen LogP contribution in [0.2, 0.25) is 0 Å². The number of carbonyl (C=O) groups excluding carboxylic acids is 1. The first-order valence-corrected chi connectivity index (χ1v) is 10.5. The summed E-state index contributed by atoms with van der Waals surface area (Å²) in [7, 11) is 0. The second-order valence-electron chi connectivity index (χ2n) is 7.88. The molecule has 2 heterocycles. The highest BCUT2D eigenvalue weighted by atomic mass is 19.4. The highest BCUT2D eigenvalue weighted by Crippen LogP contribution is 2.34. The molecule has 1 amide bonds. The summed E-state index contributed by atoms with van der Waals surface area (Å²) in [5, 5.41) is 7.48. The average molecular weight is 443 g/mol. The number of hydrogen-bond acceptors (Lipinski definition) is 5. The molecule has 0 unspecified atom stereocenters. The fourth-order valence-corrected chi connectivity index (χ4v) is 4.17. The fraction of sp³-hybridized carbons (Fsp3) is 0.348. The standard InChI is InChI=1S/C23H24F3N5O/c1-2-19-30-20-16(21(27)32)4-3-5-17(20)22(31-19)29-18-12-28-11-10-15(18)13-6-8-14(9-7-13)23(24,25)26/h3-9,15,18,28H,2,10-12H2,1H3,(H2,27,32)(H,29,30,31)/t15-,18+/m1/s1. The molecule has 0 spiro atoms. The number of piperidine rings is 1. The second kappa shape index (κ2) is 8.74. The third-order valence-electron chi connectivity index (χ3n) is 5.82. The van der Waals surface area contributed by atoms with Gasteiger partial charge in [0.05, 0.1) is 16.6 Å². The van der Waals surface area contributed by atoms with Gasteiger partial charge in [-0.05, 0) is 42.8 Å². The number of amides is 1. The number of benzene rings is 2. The lowest BCUT2D eigenvalue weighted by molar-refractivity contribution is -0.137. The minimum atomic E-state index is -4.36. The van der Waals surface area contributed by atoms with Crippen molar-refractivity contribution in [2.45, 2.75) is 37.9 Å². The van der Waals surface area contributed by atoms with Gasteiger partial charge >= 0.3 is 6.18 Å². The largest absolute Gasteiger partial charge is 0.416 e. The Morgan fingerprint density at radius 3 is 2.59 bits per heavy atom. The maximum atomic E-state index is 13.0. The molecule has 3 aromatic rings. The van der Waals surface area contributed by atoms with Crippen LogP contribution in [0.4, 0.5) is 19.0 Å². The van der Waals surface area contributed by atoms with E-state index in [0.717, 1.165) is 30.7 Å². The number of aryl methyl sites for hydroxylation is 1. The van der Waals surface area contributed by atoms with Crippen LogP contribution in [0.3, 0.4) is 0 Å². The van der Waals surface area contributed by atoms with E-state index in [1.54, 1.807) is 24.3 Å². The molecule has 1 aliphatic rings. The Bertz CT molecular complexity index is 1130. The molecule has 0 radical (unpaired) electrons. The summed E-state index contributed by atoms with van der Waals surface area (Å²) in [6, 6.07) is 10.4. The smallest absolute Gasteiger partial charge is 0.366 e. The minimum Gasteiger partial charge on any atom is -0.366 e. The molecule has 32 heavy (non-hydrogen) atoms. The van der Waals surface area contributed by atoms with E-state index in [2.05, 4.69) is 20.6 Å². The first kappa shape index (κ1) is 22.0. The summed E-state index contributed by atoms with van der Waals surface area (Å²) in [6.45, 7) is 3.31. The highest BCUT2D eigenvalue weighted by molar-refractivity contribution is 6.07. The van der Waals surface area contributed by atoms with Crippen LogP contribution < -0.4 is 16.4 Å². The molecule has 1 fully saturated rings. The van der Waals surface area contributed by atoms with Crippen molar-refractivity contribution in [2.75, 3.05) is 18.4 Å². The molecule has 0 bridgehead atoms. The molecule has 6 nitrogen and oxygen atoms in total. The number of hydrogen-bond donors (Lipinski definition) is 3. The number of nitrogens with two attached hydrogens (primary N) is 1. The molecule has 1 aromatic heterocycles. The number of nitrogens with zero attached hydrogens (tertiary/aromatic N) is 2. The summed E-state index contributed by atoms with van der Waals surface area (Å²) in [5.41, 5.74) is 6.53. The zero-order valence-corrected chi connectivity index (χ0v) is 17.5. The van der Waals surface area contributed by atoms with E-state index in [-0.39, 0.29) is 12.0 Å². The summed E-state index contributed by atoms with van der Waals surface area (Å²) in [4.78, 5) is 21.0. The number of anilines is 1. The predicted molar refractivity (Wildman–Crippen MR) is 117 cm³/mol. The van der Waals surface area contributed by atoms with Crippen LogP contribution in [0.5, 0.6) is 0 Å².